The van der Waals surface area contributed by atoms with Crippen molar-refractivity contribution in [2.45, 2.75) is 26.2 Å². The molecule has 3 heterocycles. The van der Waals surface area contributed by atoms with Crippen LogP contribution in [0.4, 0.5) is 0 Å². The molecule has 0 bridgehead atoms. The maximum atomic E-state index is 5.84. The second-order valence-electron chi connectivity index (χ2n) is 9.60. The van der Waals surface area contributed by atoms with E-state index >= 15 is 0 Å². The molecule has 0 aliphatic heterocycles. The summed E-state index contributed by atoms with van der Waals surface area (Å²) in [5, 5.41) is 4.56. The van der Waals surface area contributed by atoms with Crippen LogP contribution in [0.5, 0.6) is 0 Å². The monoisotopic (exact) mass is 428 g/mol. The fourth-order valence-corrected chi connectivity index (χ4v) is 4.46. The Kier molecular flexibility index (Phi) is 4.34. The fraction of sp³-hybridized carbons (Fsp3) is 0.133. The lowest BCUT2D eigenvalue weighted by atomic mass is 9.90. The van der Waals surface area contributed by atoms with Gasteiger partial charge in [-0.05, 0) is 58.3 Å². The van der Waals surface area contributed by atoms with Gasteiger partial charge in [0.05, 0.1) is 12.0 Å². The van der Waals surface area contributed by atoms with Gasteiger partial charge in [0.2, 0.25) is 0 Å². The molecular weight excluding hydrogens is 404 g/mol. The van der Waals surface area contributed by atoms with Gasteiger partial charge in [0.15, 0.2) is 5.58 Å². The summed E-state index contributed by atoms with van der Waals surface area (Å²) in [5.41, 5.74) is 7.03. The topological polar surface area (TPSA) is 38.9 Å². The van der Waals surface area contributed by atoms with Gasteiger partial charge in [-0.2, -0.15) is 0 Å². The Morgan fingerprint density at radius 1 is 0.727 bits per heavy atom. The van der Waals surface area contributed by atoms with Crippen molar-refractivity contribution in [2.24, 2.45) is 0 Å². The Labute approximate surface area is 192 Å². The van der Waals surface area contributed by atoms with Crippen molar-refractivity contribution in [1.29, 1.82) is 0 Å². The molecule has 6 rings (SSSR count). The van der Waals surface area contributed by atoms with Crippen molar-refractivity contribution < 1.29 is 4.42 Å². The second kappa shape index (κ2) is 7.28. The van der Waals surface area contributed by atoms with Gasteiger partial charge in [-0.25, -0.2) is 4.98 Å². The summed E-state index contributed by atoms with van der Waals surface area (Å²) in [7, 11) is 0. The van der Waals surface area contributed by atoms with Crippen LogP contribution in [0.15, 0.2) is 95.7 Å². The number of aromatic nitrogens is 2. The van der Waals surface area contributed by atoms with Crippen LogP contribution in [-0.4, -0.2) is 9.97 Å². The molecule has 3 heteroatoms. The maximum Gasteiger partial charge on any atom is 0.160 e. The predicted molar refractivity (Wildman–Crippen MR) is 136 cm³/mol. The van der Waals surface area contributed by atoms with Crippen LogP contribution in [-0.2, 0) is 5.41 Å². The molecule has 3 nitrogen and oxygen atoms in total. The highest BCUT2D eigenvalue weighted by molar-refractivity contribution is 6.09. The predicted octanol–water partition coefficient (Wildman–Crippen LogP) is 8.16. The van der Waals surface area contributed by atoms with Crippen molar-refractivity contribution in [3.63, 3.8) is 0 Å². The number of benzene rings is 3. The summed E-state index contributed by atoms with van der Waals surface area (Å²) in [6, 6.07) is 27.7. The van der Waals surface area contributed by atoms with Crippen LogP contribution < -0.4 is 0 Å². The average Bonchev–Trinajstić information content (AvgIpc) is 3.31. The van der Waals surface area contributed by atoms with E-state index in [0.29, 0.717) is 0 Å². The Hall–Kier alpha value is -3.98. The van der Waals surface area contributed by atoms with Crippen molar-refractivity contribution in [3.8, 4) is 22.4 Å². The number of nitrogens with zero attached hydrogens (tertiary/aromatic N) is 2. The zero-order valence-corrected chi connectivity index (χ0v) is 19.0. The highest BCUT2D eigenvalue weighted by Crippen LogP contribution is 2.36. The summed E-state index contributed by atoms with van der Waals surface area (Å²) in [6.45, 7) is 6.54. The van der Waals surface area contributed by atoms with E-state index in [1.54, 1.807) is 6.26 Å². The van der Waals surface area contributed by atoms with Gasteiger partial charge >= 0.3 is 0 Å². The van der Waals surface area contributed by atoms with E-state index in [0.717, 1.165) is 44.4 Å². The van der Waals surface area contributed by atoms with Crippen molar-refractivity contribution >= 4 is 32.6 Å². The molecule has 6 aromatic rings. The fourth-order valence-electron chi connectivity index (χ4n) is 4.46. The molecule has 0 aliphatic carbocycles. The first kappa shape index (κ1) is 19.7. The van der Waals surface area contributed by atoms with Crippen LogP contribution >= 0.6 is 0 Å². The van der Waals surface area contributed by atoms with E-state index in [9.17, 15) is 0 Å². The first-order valence-corrected chi connectivity index (χ1v) is 11.2. The minimum absolute atomic E-state index is 0.0443. The molecule has 0 saturated heterocycles. The number of pyridine rings is 2. The van der Waals surface area contributed by atoms with Crippen molar-refractivity contribution in [1.82, 2.24) is 9.97 Å². The van der Waals surface area contributed by atoms with Crippen LogP contribution in [0.1, 0.15) is 26.5 Å². The summed E-state index contributed by atoms with van der Waals surface area (Å²) >= 11 is 0. The number of hydrogen-bond donors (Lipinski definition) is 0. The third-order valence-electron chi connectivity index (χ3n) is 6.28. The summed E-state index contributed by atoms with van der Waals surface area (Å²) in [6.07, 6.45) is 3.63. The first-order chi connectivity index (χ1) is 16.0. The molecule has 160 valence electrons. The SMILES string of the molecule is CC(C)(C)c1ccc2c(-c3cc(-c4ccc5ccccc5c4)ccn3)cc3ccoc3c2n1. The minimum atomic E-state index is -0.0443. The van der Waals surface area contributed by atoms with Gasteiger partial charge in [0.25, 0.3) is 0 Å². The molecule has 0 aliphatic rings. The molecule has 3 aromatic carbocycles. The van der Waals surface area contributed by atoms with E-state index < -0.39 is 0 Å². The lowest BCUT2D eigenvalue weighted by molar-refractivity contribution is 0.570. The third-order valence-corrected chi connectivity index (χ3v) is 6.28. The van der Waals surface area contributed by atoms with Gasteiger partial charge in [-0.15, -0.1) is 0 Å². The Morgan fingerprint density at radius 3 is 2.39 bits per heavy atom. The Balaban J connectivity index is 1.55. The summed E-state index contributed by atoms with van der Waals surface area (Å²) in [4.78, 5) is 9.78. The highest BCUT2D eigenvalue weighted by atomic mass is 16.3. The Bertz CT molecular complexity index is 1650. The van der Waals surface area contributed by atoms with E-state index in [2.05, 4.69) is 93.6 Å². The quantitative estimate of drug-likeness (QED) is 0.279. The minimum Gasteiger partial charge on any atom is -0.462 e. The highest BCUT2D eigenvalue weighted by Gasteiger charge is 2.19. The van der Waals surface area contributed by atoms with Crippen molar-refractivity contribution in [3.05, 3.63) is 97.0 Å². The van der Waals surface area contributed by atoms with E-state index in [-0.39, 0.29) is 5.41 Å². The van der Waals surface area contributed by atoms with Gasteiger partial charge in [-0.1, -0.05) is 63.2 Å². The molecule has 0 atom stereocenters. The maximum absolute atomic E-state index is 5.84. The van der Waals surface area contributed by atoms with E-state index in [1.165, 1.54) is 16.3 Å². The van der Waals surface area contributed by atoms with E-state index in [4.69, 9.17) is 14.4 Å². The summed E-state index contributed by atoms with van der Waals surface area (Å²) < 4.78 is 5.84. The summed E-state index contributed by atoms with van der Waals surface area (Å²) in [5.74, 6) is 0. The first-order valence-electron chi connectivity index (χ1n) is 11.2. The zero-order valence-electron chi connectivity index (χ0n) is 19.0. The number of fused-ring (bicyclic) bond motifs is 4. The van der Waals surface area contributed by atoms with Crippen LogP contribution in [0, 0.1) is 0 Å². The second-order valence-corrected chi connectivity index (χ2v) is 9.60. The lowest BCUT2D eigenvalue weighted by Crippen LogP contribution is -2.13. The molecule has 0 amide bonds. The van der Waals surface area contributed by atoms with Crippen molar-refractivity contribution in [2.75, 3.05) is 0 Å². The number of furan rings is 1. The molecule has 3 aromatic heterocycles. The third kappa shape index (κ3) is 3.37. The average molecular weight is 429 g/mol. The normalized spacial score (nSPS) is 12.1. The molecule has 0 N–H and O–H groups in total. The number of rotatable bonds is 2. The smallest absolute Gasteiger partial charge is 0.160 e. The standard InChI is InChI=1S/C30H24N2O/c1-30(2,3)27-11-10-24-25(17-23-13-15-33-29(23)28(24)32-27)26-18-22(12-14-31-26)21-9-8-19-6-4-5-7-20(19)16-21/h4-18H,1-3H3. The van der Waals surface area contributed by atoms with E-state index in [1.807, 2.05) is 12.3 Å². The van der Waals surface area contributed by atoms with Crippen LogP contribution in [0.2, 0.25) is 0 Å². The molecule has 0 unspecified atom stereocenters. The molecule has 0 fully saturated rings. The van der Waals surface area contributed by atoms with Crippen LogP contribution in [0.25, 0.3) is 55.0 Å². The van der Waals surface area contributed by atoms with Gasteiger partial charge in [0.1, 0.15) is 5.52 Å². The van der Waals surface area contributed by atoms with Gasteiger partial charge in [-0.3, -0.25) is 4.98 Å². The molecule has 0 spiro atoms. The molecular formula is C30H24N2O. The van der Waals surface area contributed by atoms with Crippen LogP contribution in [0.3, 0.4) is 0 Å². The lowest BCUT2D eigenvalue weighted by Gasteiger charge is -2.18. The Morgan fingerprint density at radius 2 is 1.55 bits per heavy atom. The largest absolute Gasteiger partial charge is 0.462 e. The molecule has 0 radical (unpaired) electrons. The van der Waals surface area contributed by atoms with Gasteiger partial charge < -0.3 is 4.42 Å². The number of hydrogen-bond acceptors (Lipinski definition) is 3. The zero-order chi connectivity index (χ0) is 22.6. The molecule has 0 saturated carbocycles. The van der Waals surface area contributed by atoms with Gasteiger partial charge in [0, 0.05) is 33.6 Å². The molecule has 33 heavy (non-hydrogen) atoms.